The van der Waals surface area contributed by atoms with Gasteiger partial charge in [-0.1, -0.05) is 41.9 Å². The summed E-state index contributed by atoms with van der Waals surface area (Å²) in [5, 5.41) is 7.03. The number of carbonyl (C=O) groups is 1. The van der Waals surface area contributed by atoms with Crippen LogP contribution in [-0.2, 0) is 4.79 Å². The summed E-state index contributed by atoms with van der Waals surface area (Å²) in [5.74, 6) is -0.0451. The van der Waals surface area contributed by atoms with E-state index in [9.17, 15) is 4.79 Å². The van der Waals surface area contributed by atoms with Crippen LogP contribution in [0.4, 0.5) is 5.69 Å². The molecular weight excluding hydrogens is 308 g/mol. The van der Waals surface area contributed by atoms with Gasteiger partial charge in [0.15, 0.2) is 0 Å². The predicted octanol–water partition coefficient (Wildman–Crippen LogP) is 4.63. The van der Waals surface area contributed by atoms with Crippen molar-refractivity contribution >= 4 is 23.2 Å². The van der Waals surface area contributed by atoms with Gasteiger partial charge in [0, 0.05) is 16.8 Å². The van der Waals surface area contributed by atoms with E-state index in [1.165, 1.54) is 0 Å². The fraction of sp³-hybridized carbons (Fsp3) is 0.316. The molecule has 2 N–H and O–H groups in total. The Hall–Kier alpha value is -1.84. The van der Waals surface area contributed by atoms with Crippen LogP contribution in [0, 0.1) is 13.8 Å². The minimum Gasteiger partial charge on any atom is -0.324 e. The van der Waals surface area contributed by atoms with Crippen molar-refractivity contribution < 1.29 is 4.79 Å². The maximum atomic E-state index is 12.5. The first kappa shape index (κ1) is 17.5. The Kier molecular flexibility index (Phi) is 5.80. The molecule has 0 fully saturated rings. The molecule has 0 radical (unpaired) electrons. The molecule has 0 heterocycles. The molecule has 0 spiro atoms. The number of benzene rings is 2. The number of aryl methyl sites for hydroxylation is 2. The number of hydrogen-bond acceptors (Lipinski definition) is 2. The zero-order valence-corrected chi connectivity index (χ0v) is 14.7. The SMILES string of the molecule is Cc1cccc(C)c1NC(=O)C(C)NC(C)c1cccc(Cl)c1. The lowest BCUT2D eigenvalue weighted by Crippen LogP contribution is -2.39. The first-order chi connectivity index (χ1) is 10.9. The van der Waals surface area contributed by atoms with Gasteiger partial charge in [-0.2, -0.15) is 0 Å². The second-order valence-corrected chi connectivity index (χ2v) is 6.36. The van der Waals surface area contributed by atoms with Crippen LogP contribution >= 0.6 is 11.6 Å². The second kappa shape index (κ2) is 7.62. The lowest BCUT2D eigenvalue weighted by molar-refractivity contribution is -0.117. The number of carbonyl (C=O) groups excluding carboxylic acids is 1. The van der Waals surface area contributed by atoms with Crippen LogP contribution in [0.3, 0.4) is 0 Å². The van der Waals surface area contributed by atoms with Crippen molar-refractivity contribution in [3.05, 3.63) is 64.2 Å². The summed E-state index contributed by atoms with van der Waals surface area (Å²) in [4.78, 5) is 12.5. The number of hydrogen-bond donors (Lipinski definition) is 2. The van der Waals surface area contributed by atoms with Crippen LogP contribution < -0.4 is 10.6 Å². The summed E-state index contributed by atoms with van der Waals surface area (Å²) in [6.45, 7) is 7.88. The van der Waals surface area contributed by atoms with E-state index < -0.39 is 0 Å². The Balaban J connectivity index is 2.03. The monoisotopic (exact) mass is 330 g/mol. The molecule has 0 saturated heterocycles. The van der Waals surface area contributed by atoms with Gasteiger partial charge in [-0.3, -0.25) is 10.1 Å². The number of anilines is 1. The molecule has 23 heavy (non-hydrogen) atoms. The summed E-state index contributed by atoms with van der Waals surface area (Å²) >= 11 is 6.02. The standard InChI is InChI=1S/C19H23ClN2O/c1-12-7-5-8-13(2)18(12)22-19(23)15(4)21-14(3)16-9-6-10-17(20)11-16/h5-11,14-15,21H,1-4H3,(H,22,23). The predicted molar refractivity (Wildman–Crippen MR) is 97.0 cm³/mol. The highest BCUT2D eigenvalue weighted by Crippen LogP contribution is 2.21. The topological polar surface area (TPSA) is 41.1 Å². The molecule has 122 valence electrons. The van der Waals surface area contributed by atoms with E-state index in [-0.39, 0.29) is 18.0 Å². The number of rotatable bonds is 5. The van der Waals surface area contributed by atoms with E-state index in [4.69, 9.17) is 11.6 Å². The van der Waals surface area contributed by atoms with Gasteiger partial charge in [0.1, 0.15) is 0 Å². The lowest BCUT2D eigenvalue weighted by Gasteiger charge is -2.21. The van der Waals surface area contributed by atoms with Crippen LogP contribution in [0.1, 0.15) is 36.6 Å². The lowest BCUT2D eigenvalue weighted by atomic mass is 10.1. The fourth-order valence-electron chi connectivity index (χ4n) is 2.57. The maximum absolute atomic E-state index is 12.5. The minimum atomic E-state index is -0.317. The molecule has 4 heteroatoms. The largest absolute Gasteiger partial charge is 0.324 e. The number of nitrogens with one attached hydrogen (secondary N) is 2. The van der Waals surface area contributed by atoms with Crippen molar-refractivity contribution in [2.24, 2.45) is 0 Å². The summed E-state index contributed by atoms with van der Waals surface area (Å²) in [5.41, 5.74) is 4.08. The zero-order valence-electron chi connectivity index (χ0n) is 14.0. The van der Waals surface area contributed by atoms with E-state index in [0.717, 1.165) is 22.4 Å². The van der Waals surface area contributed by atoms with Gasteiger partial charge in [0.05, 0.1) is 6.04 Å². The third-order valence-electron chi connectivity index (χ3n) is 3.97. The van der Waals surface area contributed by atoms with Crippen LogP contribution in [0.5, 0.6) is 0 Å². The molecule has 0 bridgehead atoms. The number of amides is 1. The van der Waals surface area contributed by atoms with E-state index in [2.05, 4.69) is 10.6 Å². The van der Waals surface area contributed by atoms with Crippen LogP contribution in [0.25, 0.3) is 0 Å². The highest BCUT2D eigenvalue weighted by Gasteiger charge is 2.17. The quantitative estimate of drug-likeness (QED) is 0.838. The smallest absolute Gasteiger partial charge is 0.241 e. The molecule has 2 atom stereocenters. The zero-order chi connectivity index (χ0) is 17.0. The number of para-hydroxylation sites is 1. The third kappa shape index (κ3) is 4.57. The van der Waals surface area contributed by atoms with E-state index in [0.29, 0.717) is 5.02 Å². The Labute approximate surface area is 143 Å². The second-order valence-electron chi connectivity index (χ2n) is 5.92. The van der Waals surface area contributed by atoms with Gasteiger partial charge in [-0.25, -0.2) is 0 Å². The first-order valence-electron chi connectivity index (χ1n) is 7.77. The van der Waals surface area contributed by atoms with Gasteiger partial charge < -0.3 is 5.32 Å². The minimum absolute atomic E-state index is 0.0346. The molecule has 2 aromatic rings. The van der Waals surface area contributed by atoms with Crippen molar-refractivity contribution in [2.75, 3.05) is 5.32 Å². The molecule has 0 aliphatic heterocycles. The fourth-order valence-corrected chi connectivity index (χ4v) is 2.76. The van der Waals surface area contributed by atoms with Gasteiger partial charge in [-0.15, -0.1) is 0 Å². The van der Waals surface area contributed by atoms with Crippen LogP contribution in [0.15, 0.2) is 42.5 Å². The Bertz CT molecular complexity index is 679. The van der Waals surface area contributed by atoms with Crippen molar-refractivity contribution in [2.45, 2.75) is 39.8 Å². The van der Waals surface area contributed by atoms with Crippen molar-refractivity contribution in [3.8, 4) is 0 Å². The summed E-state index contributed by atoms with van der Waals surface area (Å²) in [6.07, 6.45) is 0. The molecule has 0 aliphatic rings. The van der Waals surface area contributed by atoms with Gasteiger partial charge in [0.2, 0.25) is 5.91 Å². The Morgan fingerprint density at radius 3 is 2.26 bits per heavy atom. The van der Waals surface area contributed by atoms with Crippen LogP contribution in [-0.4, -0.2) is 11.9 Å². The maximum Gasteiger partial charge on any atom is 0.241 e. The molecule has 0 aliphatic carbocycles. The molecule has 0 aromatic heterocycles. The van der Waals surface area contributed by atoms with Crippen molar-refractivity contribution in [3.63, 3.8) is 0 Å². The van der Waals surface area contributed by atoms with E-state index in [1.54, 1.807) is 0 Å². The first-order valence-corrected chi connectivity index (χ1v) is 8.15. The average Bonchev–Trinajstić information content (AvgIpc) is 2.50. The van der Waals surface area contributed by atoms with Crippen molar-refractivity contribution in [1.82, 2.24) is 5.32 Å². The summed E-state index contributed by atoms with van der Waals surface area (Å²) in [6, 6.07) is 13.4. The molecule has 1 amide bonds. The molecular formula is C19H23ClN2O. The van der Waals surface area contributed by atoms with Crippen LogP contribution in [0.2, 0.25) is 5.02 Å². The van der Waals surface area contributed by atoms with Crippen molar-refractivity contribution in [1.29, 1.82) is 0 Å². The third-order valence-corrected chi connectivity index (χ3v) is 4.21. The highest BCUT2D eigenvalue weighted by atomic mass is 35.5. The normalized spacial score (nSPS) is 13.4. The molecule has 3 nitrogen and oxygen atoms in total. The molecule has 2 aromatic carbocycles. The molecule has 0 saturated carbocycles. The summed E-state index contributed by atoms with van der Waals surface area (Å²) < 4.78 is 0. The average molecular weight is 331 g/mol. The Morgan fingerprint density at radius 2 is 1.65 bits per heavy atom. The molecule has 2 unspecified atom stereocenters. The Morgan fingerprint density at radius 1 is 1.04 bits per heavy atom. The molecule has 2 rings (SSSR count). The van der Waals surface area contributed by atoms with Gasteiger partial charge in [-0.05, 0) is 56.5 Å². The van der Waals surface area contributed by atoms with E-state index >= 15 is 0 Å². The van der Waals surface area contributed by atoms with Gasteiger partial charge >= 0.3 is 0 Å². The highest BCUT2D eigenvalue weighted by molar-refractivity contribution is 6.30. The van der Waals surface area contributed by atoms with E-state index in [1.807, 2.05) is 70.2 Å². The number of halogens is 1. The summed E-state index contributed by atoms with van der Waals surface area (Å²) in [7, 11) is 0. The van der Waals surface area contributed by atoms with Gasteiger partial charge in [0.25, 0.3) is 0 Å².